The molecule has 0 atom stereocenters. The first-order chi connectivity index (χ1) is 6.95. The third kappa shape index (κ3) is 4.41. The topological polar surface area (TPSA) is 55.1 Å². The molecule has 0 radical (unpaired) electrons. The number of thiophene rings is 1. The minimum Gasteiger partial charge on any atom is -0.351 e. The molecule has 1 aromatic heterocycles. The van der Waals surface area contributed by atoms with Gasteiger partial charge in [-0.15, -0.1) is 23.7 Å². The largest absolute Gasteiger partial charge is 0.351 e. The zero-order valence-electron chi connectivity index (χ0n) is 9.25. The molecule has 0 saturated heterocycles. The van der Waals surface area contributed by atoms with Crippen LogP contribution >= 0.6 is 39.7 Å². The van der Waals surface area contributed by atoms with Gasteiger partial charge in [0, 0.05) is 13.1 Å². The van der Waals surface area contributed by atoms with E-state index < -0.39 is 5.41 Å². The Morgan fingerprint density at radius 3 is 2.69 bits per heavy atom. The first-order valence-electron chi connectivity index (χ1n) is 4.67. The molecule has 6 heteroatoms. The lowest BCUT2D eigenvalue weighted by atomic mass is 9.93. The molecule has 92 valence electrons. The van der Waals surface area contributed by atoms with Crippen LogP contribution in [0.1, 0.15) is 19.4 Å². The van der Waals surface area contributed by atoms with Gasteiger partial charge < -0.3 is 11.1 Å². The lowest BCUT2D eigenvalue weighted by Gasteiger charge is -2.20. The Balaban J connectivity index is 0.00000225. The van der Waals surface area contributed by atoms with Crippen LogP contribution in [0.4, 0.5) is 0 Å². The number of carbonyl (C=O) groups excluding carboxylic acids is 1. The van der Waals surface area contributed by atoms with Crippen LogP contribution in [0.3, 0.4) is 0 Å². The fraction of sp³-hybridized carbons (Fsp3) is 0.500. The van der Waals surface area contributed by atoms with E-state index in [1.807, 2.05) is 25.3 Å². The van der Waals surface area contributed by atoms with Crippen molar-refractivity contribution >= 4 is 45.6 Å². The van der Waals surface area contributed by atoms with E-state index in [0.717, 1.165) is 9.35 Å². The molecule has 0 aliphatic heterocycles. The van der Waals surface area contributed by atoms with Crippen molar-refractivity contribution in [3.8, 4) is 0 Å². The maximum atomic E-state index is 11.7. The van der Waals surface area contributed by atoms with E-state index in [-0.39, 0.29) is 18.3 Å². The van der Waals surface area contributed by atoms with Gasteiger partial charge in [0.1, 0.15) is 0 Å². The molecule has 3 nitrogen and oxygen atoms in total. The van der Waals surface area contributed by atoms with Gasteiger partial charge in [-0.3, -0.25) is 4.79 Å². The number of carbonyl (C=O) groups is 1. The fourth-order valence-corrected chi connectivity index (χ4v) is 2.16. The molecule has 3 N–H and O–H groups in total. The quantitative estimate of drug-likeness (QED) is 0.893. The summed E-state index contributed by atoms with van der Waals surface area (Å²) in [7, 11) is 0. The molecule has 16 heavy (non-hydrogen) atoms. The summed E-state index contributed by atoms with van der Waals surface area (Å²) >= 11 is 4.99. The summed E-state index contributed by atoms with van der Waals surface area (Å²) < 4.78 is 1.07. The van der Waals surface area contributed by atoms with Crippen LogP contribution in [0.5, 0.6) is 0 Å². The number of hydrogen-bond donors (Lipinski definition) is 2. The van der Waals surface area contributed by atoms with Crippen molar-refractivity contribution in [2.24, 2.45) is 11.1 Å². The van der Waals surface area contributed by atoms with E-state index in [0.29, 0.717) is 13.1 Å². The van der Waals surface area contributed by atoms with E-state index in [9.17, 15) is 4.79 Å². The molecular weight excluding hydrogens is 312 g/mol. The summed E-state index contributed by atoms with van der Waals surface area (Å²) in [6.07, 6.45) is 0. The van der Waals surface area contributed by atoms with Crippen molar-refractivity contribution in [3.05, 3.63) is 20.8 Å². The van der Waals surface area contributed by atoms with Crippen molar-refractivity contribution in [2.75, 3.05) is 6.54 Å². The van der Waals surface area contributed by atoms with E-state index >= 15 is 0 Å². The number of nitrogens with two attached hydrogens (primary N) is 1. The second-order valence-electron chi connectivity index (χ2n) is 4.03. The van der Waals surface area contributed by atoms with E-state index in [4.69, 9.17) is 5.73 Å². The van der Waals surface area contributed by atoms with Crippen LogP contribution in [-0.4, -0.2) is 12.5 Å². The first-order valence-corrected chi connectivity index (χ1v) is 6.34. The number of rotatable bonds is 4. The number of nitrogens with one attached hydrogen (secondary N) is 1. The smallest absolute Gasteiger partial charge is 0.227 e. The molecule has 0 unspecified atom stereocenters. The van der Waals surface area contributed by atoms with E-state index in [1.54, 1.807) is 11.3 Å². The van der Waals surface area contributed by atoms with Crippen molar-refractivity contribution in [3.63, 3.8) is 0 Å². The third-order valence-corrected chi connectivity index (χ3v) is 3.75. The Morgan fingerprint density at radius 1 is 1.62 bits per heavy atom. The molecule has 1 heterocycles. The van der Waals surface area contributed by atoms with Gasteiger partial charge in [-0.05, 0) is 46.8 Å². The van der Waals surface area contributed by atoms with Crippen LogP contribution in [0.15, 0.2) is 15.2 Å². The zero-order valence-corrected chi connectivity index (χ0v) is 12.5. The standard InChI is InChI=1S/C10H15BrN2OS.ClH/c1-10(2,6-12)9(14)13-4-7-3-8(11)15-5-7;/h3,5H,4,6,12H2,1-2H3,(H,13,14);1H. The molecule has 0 spiro atoms. The summed E-state index contributed by atoms with van der Waals surface area (Å²) in [5, 5.41) is 4.88. The molecule has 1 aromatic rings. The monoisotopic (exact) mass is 326 g/mol. The van der Waals surface area contributed by atoms with Gasteiger partial charge in [-0.2, -0.15) is 0 Å². The summed E-state index contributed by atoms with van der Waals surface area (Å²) in [5.41, 5.74) is 6.13. The Labute approximate surface area is 114 Å². The third-order valence-electron chi connectivity index (χ3n) is 2.20. The summed E-state index contributed by atoms with van der Waals surface area (Å²) in [6, 6.07) is 2.00. The SMILES string of the molecule is CC(C)(CN)C(=O)NCc1csc(Br)c1.Cl. The van der Waals surface area contributed by atoms with Crippen LogP contribution in [0.25, 0.3) is 0 Å². The molecule has 0 aliphatic carbocycles. The van der Waals surface area contributed by atoms with Gasteiger partial charge in [-0.25, -0.2) is 0 Å². The zero-order chi connectivity index (χ0) is 11.5. The summed E-state index contributed by atoms with van der Waals surface area (Å²) in [4.78, 5) is 11.7. The van der Waals surface area contributed by atoms with Gasteiger partial charge in [0.15, 0.2) is 0 Å². The Morgan fingerprint density at radius 2 is 2.25 bits per heavy atom. The normalized spacial score (nSPS) is 10.8. The van der Waals surface area contributed by atoms with Crippen LogP contribution in [0, 0.1) is 5.41 Å². The highest BCUT2D eigenvalue weighted by Crippen LogP contribution is 2.20. The average Bonchev–Trinajstić information content (AvgIpc) is 2.60. The molecule has 0 bridgehead atoms. The van der Waals surface area contributed by atoms with Crippen molar-refractivity contribution in [2.45, 2.75) is 20.4 Å². The second-order valence-corrected chi connectivity index (χ2v) is 6.32. The van der Waals surface area contributed by atoms with Crippen molar-refractivity contribution < 1.29 is 4.79 Å². The molecular formula is C10H16BrClN2OS. The first kappa shape index (κ1) is 15.9. The average molecular weight is 328 g/mol. The van der Waals surface area contributed by atoms with Crippen molar-refractivity contribution in [1.29, 1.82) is 0 Å². The molecule has 0 fully saturated rings. The lowest BCUT2D eigenvalue weighted by Crippen LogP contribution is -2.41. The van der Waals surface area contributed by atoms with Crippen LogP contribution < -0.4 is 11.1 Å². The highest BCUT2D eigenvalue weighted by atomic mass is 79.9. The predicted molar refractivity (Wildman–Crippen MR) is 73.9 cm³/mol. The number of amides is 1. The maximum Gasteiger partial charge on any atom is 0.227 e. The minimum atomic E-state index is -0.493. The van der Waals surface area contributed by atoms with Crippen molar-refractivity contribution in [1.82, 2.24) is 5.32 Å². The molecule has 0 aliphatic rings. The molecule has 0 aromatic carbocycles. The van der Waals surface area contributed by atoms with Crippen LogP contribution in [0.2, 0.25) is 0 Å². The summed E-state index contributed by atoms with van der Waals surface area (Å²) in [6.45, 7) is 4.59. The fourth-order valence-electron chi connectivity index (χ4n) is 0.953. The lowest BCUT2D eigenvalue weighted by molar-refractivity contribution is -0.129. The number of halogens is 2. The Hall–Kier alpha value is -0.100. The summed E-state index contributed by atoms with van der Waals surface area (Å²) in [5.74, 6) is -0.00711. The molecule has 1 amide bonds. The Kier molecular flexibility index (Phi) is 6.55. The van der Waals surface area contributed by atoms with Gasteiger partial charge in [0.25, 0.3) is 0 Å². The molecule has 0 saturated carbocycles. The van der Waals surface area contributed by atoms with Gasteiger partial charge in [0.2, 0.25) is 5.91 Å². The maximum absolute atomic E-state index is 11.7. The van der Waals surface area contributed by atoms with Gasteiger partial charge in [0.05, 0.1) is 9.20 Å². The van der Waals surface area contributed by atoms with E-state index in [2.05, 4.69) is 21.2 Å². The van der Waals surface area contributed by atoms with Crippen LogP contribution in [-0.2, 0) is 11.3 Å². The van der Waals surface area contributed by atoms with E-state index in [1.165, 1.54) is 0 Å². The van der Waals surface area contributed by atoms with Gasteiger partial charge >= 0.3 is 0 Å². The van der Waals surface area contributed by atoms with Gasteiger partial charge in [-0.1, -0.05) is 0 Å². The number of hydrogen-bond acceptors (Lipinski definition) is 3. The second kappa shape index (κ2) is 6.59. The predicted octanol–water partition coefficient (Wildman–Crippen LogP) is 2.53. The minimum absolute atomic E-state index is 0. The highest BCUT2D eigenvalue weighted by Gasteiger charge is 2.25. The highest BCUT2D eigenvalue weighted by molar-refractivity contribution is 9.11. The Bertz CT molecular complexity index is 354. The molecule has 1 rings (SSSR count).